The summed E-state index contributed by atoms with van der Waals surface area (Å²) in [6.07, 6.45) is -6.53. The van der Waals surface area contributed by atoms with Gasteiger partial charge in [0.15, 0.2) is 0 Å². The zero-order valence-corrected chi connectivity index (χ0v) is 24.7. The maximum absolute atomic E-state index is 13.7. The maximum Gasteiger partial charge on any atom is 0.233 e. The second-order valence-electron chi connectivity index (χ2n) is 11.9. The number of aliphatic hydroxyl groups is 5. The highest BCUT2D eigenvalue weighted by molar-refractivity contribution is 6.03. The van der Waals surface area contributed by atoms with Crippen LogP contribution in [0.4, 0.5) is 14.5 Å². The molecule has 2 heterocycles. The van der Waals surface area contributed by atoms with Crippen LogP contribution in [-0.2, 0) is 9.53 Å². The van der Waals surface area contributed by atoms with Gasteiger partial charge in [-0.15, -0.1) is 0 Å². The van der Waals surface area contributed by atoms with Crippen LogP contribution in [-0.4, -0.2) is 62.5 Å². The number of hydrogen-bond acceptors (Lipinski definition) is 7. The third kappa shape index (κ3) is 6.20. The van der Waals surface area contributed by atoms with Gasteiger partial charge in [-0.05, 0) is 83.1 Å². The van der Waals surface area contributed by atoms with Crippen molar-refractivity contribution in [2.75, 3.05) is 11.5 Å². The lowest BCUT2D eigenvalue weighted by Crippen LogP contribution is -2.55. The van der Waals surface area contributed by atoms with Gasteiger partial charge in [0.25, 0.3) is 0 Å². The third-order valence-corrected chi connectivity index (χ3v) is 9.02. The van der Waals surface area contributed by atoms with Crippen molar-refractivity contribution in [2.45, 2.75) is 55.5 Å². The predicted octanol–water partition coefficient (Wildman–Crippen LogP) is 4.36. The zero-order valence-electron chi connectivity index (χ0n) is 24.7. The lowest BCUT2D eigenvalue weighted by Gasteiger charge is -2.48. The van der Waals surface area contributed by atoms with Crippen LogP contribution >= 0.6 is 0 Å². The molecule has 0 spiro atoms. The largest absolute Gasteiger partial charge is 0.394 e. The average molecular weight is 632 g/mol. The summed E-state index contributed by atoms with van der Waals surface area (Å²) in [7, 11) is 0. The second-order valence-corrected chi connectivity index (χ2v) is 11.9. The second kappa shape index (κ2) is 13.4. The number of nitrogens with zero attached hydrogens (tertiary/aromatic N) is 1. The molecule has 0 aromatic heterocycles. The molecule has 4 aromatic carbocycles. The smallest absolute Gasteiger partial charge is 0.233 e. The van der Waals surface area contributed by atoms with Gasteiger partial charge < -0.3 is 35.2 Å². The number of hydrogen-bond donors (Lipinski definition) is 5. The van der Waals surface area contributed by atoms with Crippen molar-refractivity contribution in [1.82, 2.24) is 0 Å². The van der Waals surface area contributed by atoms with E-state index in [0.717, 1.165) is 16.7 Å². The lowest BCUT2D eigenvalue weighted by molar-refractivity contribution is -0.231. The van der Waals surface area contributed by atoms with Gasteiger partial charge in [0.1, 0.15) is 42.2 Å². The number of amides is 1. The number of halogens is 2. The van der Waals surface area contributed by atoms with Crippen molar-refractivity contribution in [3.63, 3.8) is 0 Å². The summed E-state index contributed by atoms with van der Waals surface area (Å²) in [6, 6.07) is 25.8. The Balaban J connectivity index is 1.24. The Hall–Kier alpha value is -4.03. The highest BCUT2D eigenvalue weighted by Crippen LogP contribution is 2.46. The van der Waals surface area contributed by atoms with Crippen molar-refractivity contribution in [2.24, 2.45) is 5.92 Å². The molecule has 6 rings (SSSR count). The van der Waals surface area contributed by atoms with Gasteiger partial charge in [0.05, 0.1) is 24.7 Å². The van der Waals surface area contributed by atoms with Crippen molar-refractivity contribution in [3.05, 3.63) is 125 Å². The molecule has 4 aromatic rings. The molecule has 0 aliphatic carbocycles. The maximum atomic E-state index is 13.7. The summed E-state index contributed by atoms with van der Waals surface area (Å²) in [4.78, 5) is 15.1. The molecule has 10 heteroatoms. The number of carbonyl (C=O) groups is 1. The number of aliphatic hydroxyl groups excluding tert-OH is 5. The van der Waals surface area contributed by atoms with Crippen LogP contribution in [0.25, 0.3) is 11.1 Å². The molecule has 2 aliphatic rings. The normalized spacial score (nSPS) is 26.9. The van der Waals surface area contributed by atoms with Crippen molar-refractivity contribution in [3.8, 4) is 11.1 Å². The fourth-order valence-corrected chi connectivity index (χ4v) is 6.43. The van der Waals surface area contributed by atoms with E-state index >= 15 is 0 Å². The van der Waals surface area contributed by atoms with Gasteiger partial charge in [-0.3, -0.25) is 4.79 Å². The Morgan fingerprint density at radius 1 is 0.761 bits per heavy atom. The average Bonchev–Trinajstić information content (AvgIpc) is 3.07. The minimum atomic E-state index is -1.49. The van der Waals surface area contributed by atoms with Crippen LogP contribution in [0.1, 0.15) is 47.8 Å². The van der Waals surface area contributed by atoms with E-state index in [2.05, 4.69) is 0 Å². The van der Waals surface area contributed by atoms with Gasteiger partial charge in [0, 0.05) is 5.69 Å². The standard InChI is InChI=1S/C36H35F2NO7/c37-25-10-8-21(9-11-25)29(41)17-16-28-31(39(36(28)45)27-14-12-26(38)13-15-27)22-6-4-20(5-7-22)23-2-1-3-24(18-23)35-34(44)33(43)32(42)30(19-40)46-35/h1-15,18,28-35,40-44H,16-17,19H2/t28-,29+,30-,31+,32-,33+,34-,35-/m0/s1. The molecule has 2 saturated heterocycles. The molecular formula is C36H35F2NO7. The predicted molar refractivity (Wildman–Crippen MR) is 165 cm³/mol. The number of anilines is 1. The van der Waals surface area contributed by atoms with E-state index in [9.17, 15) is 39.1 Å². The van der Waals surface area contributed by atoms with E-state index in [4.69, 9.17) is 4.74 Å². The molecule has 0 radical (unpaired) electrons. The molecule has 8 atom stereocenters. The summed E-state index contributed by atoms with van der Waals surface area (Å²) in [5.74, 6) is -1.40. The highest BCUT2D eigenvalue weighted by atomic mass is 19.1. The number of β-lactam (4-membered cyclic amide) rings is 1. The van der Waals surface area contributed by atoms with Crippen molar-refractivity contribution in [1.29, 1.82) is 0 Å². The molecule has 1 amide bonds. The van der Waals surface area contributed by atoms with E-state index in [1.165, 1.54) is 36.4 Å². The molecule has 46 heavy (non-hydrogen) atoms. The lowest BCUT2D eigenvalue weighted by atomic mass is 9.78. The minimum absolute atomic E-state index is 0.140. The molecular weight excluding hydrogens is 596 g/mol. The number of rotatable bonds is 9. The topological polar surface area (TPSA) is 131 Å². The SMILES string of the molecule is O=C1[C@@H](CC[C@@H](O)c2ccc(F)cc2)[C@@H](c2ccc(-c3cccc([C@@H]4O[C@@H](CO)[C@H](O)[C@@H](O)[C@@H]4O)c3)cc2)N1c1ccc(F)cc1. The first-order valence-corrected chi connectivity index (χ1v) is 15.2. The van der Waals surface area contributed by atoms with E-state index in [1.54, 1.807) is 35.2 Å². The highest BCUT2D eigenvalue weighted by Gasteiger charge is 2.48. The van der Waals surface area contributed by atoms with Crippen LogP contribution < -0.4 is 4.90 Å². The van der Waals surface area contributed by atoms with Gasteiger partial charge >= 0.3 is 0 Å². The fraction of sp³-hybridized carbons (Fsp3) is 0.306. The minimum Gasteiger partial charge on any atom is -0.394 e. The fourth-order valence-electron chi connectivity index (χ4n) is 6.43. The Kier molecular flexibility index (Phi) is 9.28. The van der Waals surface area contributed by atoms with Crippen molar-refractivity contribution >= 4 is 11.6 Å². The molecule has 0 unspecified atom stereocenters. The first kappa shape index (κ1) is 31.9. The zero-order chi connectivity index (χ0) is 32.5. The third-order valence-electron chi connectivity index (χ3n) is 9.02. The van der Waals surface area contributed by atoms with E-state index in [0.29, 0.717) is 29.7 Å². The molecule has 240 valence electrons. The van der Waals surface area contributed by atoms with Crippen LogP contribution in [0, 0.1) is 17.6 Å². The molecule has 5 N–H and O–H groups in total. The summed E-state index contributed by atoms with van der Waals surface area (Å²) < 4.78 is 32.8. The Labute approximate surface area is 264 Å². The first-order chi connectivity index (χ1) is 22.2. The van der Waals surface area contributed by atoms with E-state index in [1.807, 2.05) is 30.3 Å². The molecule has 2 aliphatic heterocycles. The first-order valence-electron chi connectivity index (χ1n) is 15.2. The number of benzene rings is 4. The van der Waals surface area contributed by atoms with Crippen LogP contribution in [0.2, 0.25) is 0 Å². The summed E-state index contributed by atoms with van der Waals surface area (Å²) in [5.41, 5.74) is 4.15. The number of ether oxygens (including phenoxy) is 1. The Morgan fingerprint density at radius 3 is 2.07 bits per heavy atom. The quantitative estimate of drug-likeness (QED) is 0.174. The van der Waals surface area contributed by atoms with Crippen LogP contribution in [0.15, 0.2) is 97.1 Å². The monoisotopic (exact) mass is 631 g/mol. The van der Waals surface area contributed by atoms with Crippen LogP contribution in [0.5, 0.6) is 0 Å². The van der Waals surface area contributed by atoms with E-state index < -0.39 is 60.8 Å². The van der Waals surface area contributed by atoms with Gasteiger partial charge in [-0.1, -0.05) is 54.6 Å². The summed E-state index contributed by atoms with van der Waals surface area (Å²) >= 11 is 0. The molecule has 0 bridgehead atoms. The summed E-state index contributed by atoms with van der Waals surface area (Å²) in [5, 5.41) is 51.3. The van der Waals surface area contributed by atoms with Crippen LogP contribution in [0.3, 0.4) is 0 Å². The van der Waals surface area contributed by atoms with E-state index in [-0.39, 0.29) is 11.9 Å². The van der Waals surface area contributed by atoms with Gasteiger partial charge in [-0.25, -0.2) is 8.78 Å². The van der Waals surface area contributed by atoms with Crippen molar-refractivity contribution < 1.29 is 43.8 Å². The number of carbonyl (C=O) groups excluding carboxylic acids is 1. The van der Waals surface area contributed by atoms with Gasteiger partial charge in [-0.2, -0.15) is 0 Å². The molecule has 0 saturated carbocycles. The summed E-state index contributed by atoms with van der Waals surface area (Å²) in [6.45, 7) is -0.520. The Morgan fingerprint density at radius 2 is 1.41 bits per heavy atom. The molecule has 8 nitrogen and oxygen atoms in total. The van der Waals surface area contributed by atoms with Gasteiger partial charge in [0.2, 0.25) is 5.91 Å². The molecule has 2 fully saturated rings. The Bertz CT molecular complexity index is 1650.